The highest BCUT2D eigenvalue weighted by Crippen LogP contribution is 2.32. The van der Waals surface area contributed by atoms with Crippen LogP contribution in [0.25, 0.3) is 0 Å². The van der Waals surface area contributed by atoms with Crippen LogP contribution in [0.3, 0.4) is 0 Å². The lowest BCUT2D eigenvalue weighted by atomic mass is 10.1. The third-order valence-electron chi connectivity index (χ3n) is 2.18. The predicted molar refractivity (Wildman–Crippen MR) is 46.3 cm³/mol. The SMILES string of the molecule is OC[C@@H]1Cc2c(O)cccc2N1. The summed E-state index contributed by atoms with van der Waals surface area (Å²) in [7, 11) is 0. The largest absolute Gasteiger partial charge is 0.508 e. The van der Waals surface area contributed by atoms with E-state index in [4.69, 9.17) is 5.11 Å². The molecule has 2 rings (SSSR count). The molecule has 1 heterocycles. The van der Waals surface area contributed by atoms with Gasteiger partial charge in [-0.2, -0.15) is 0 Å². The molecule has 0 aromatic heterocycles. The summed E-state index contributed by atoms with van der Waals surface area (Å²) < 4.78 is 0. The zero-order chi connectivity index (χ0) is 8.55. The Morgan fingerprint density at radius 2 is 2.33 bits per heavy atom. The fourth-order valence-electron chi connectivity index (χ4n) is 1.55. The van der Waals surface area contributed by atoms with E-state index in [-0.39, 0.29) is 12.6 Å². The summed E-state index contributed by atoms with van der Waals surface area (Å²) in [5.41, 5.74) is 1.85. The lowest BCUT2D eigenvalue weighted by Crippen LogP contribution is -2.19. The second kappa shape index (κ2) is 2.68. The second-order valence-electron chi connectivity index (χ2n) is 3.03. The van der Waals surface area contributed by atoms with Crippen LogP contribution in [0, 0.1) is 0 Å². The van der Waals surface area contributed by atoms with Crippen LogP contribution >= 0.6 is 0 Å². The van der Waals surface area contributed by atoms with Crippen molar-refractivity contribution in [2.24, 2.45) is 0 Å². The molecule has 1 atom stereocenters. The fraction of sp³-hybridized carbons (Fsp3) is 0.333. The average molecular weight is 165 g/mol. The molecule has 0 spiro atoms. The Bertz CT molecular complexity index is 299. The first-order valence-corrected chi connectivity index (χ1v) is 3.99. The zero-order valence-corrected chi connectivity index (χ0v) is 6.62. The Kier molecular flexibility index (Phi) is 1.66. The number of aromatic hydroxyl groups is 1. The molecule has 3 N–H and O–H groups in total. The zero-order valence-electron chi connectivity index (χ0n) is 6.62. The maximum absolute atomic E-state index is 9.42. The third kappa shape index (κ3) is 1.02. The standard InChI is InChI=1S/C9H11NO2/c11-5-6-4-7-8(10-6)2-1-3-9(7)12/h1-3,6,10-12H,4-5H2/t6-/m0/s1. The highest BCUT2D eigenvalue weighted by molar-refractivity contribution is 5.61. The Hall–Kier alpha value is -1.22. The topological polar surface area (TPSA) is 52.5 Å². The molecular formula is C9H11NO2. The van der Waals surface area contributed by atoms with Gasteiger partial charge >= 0.3 is 0 Å². The van der Waals surface area contributed by atoms with Crippen LogP contribution in [0.15, 0.2) is 18.2 Å². The number of anilines is 1. The Labute approximate surface area is 70.7 Å². The van der Waals surface area contributed by atoms with Gasteiger partial charge in [0.2, 0.25) is 0 Å². The van der Waals surface area contributed by atoms with Crippen molar-refractivity contribution in [3.8, 4) is 5.75 Å². The van der Waals surface area contributed by atoms with E-state index in [1.807, 2.05) is 6.07 Å². The summed E-state index contributed by atoms with van der Waals surface area (Å²) in [5, 5.41) is 21.4. The number of hydrogen-bond acceptors (Lipinski definition) is 3. The number of hydrogen-bond donors (Lipinski definition) is 3. The molecule has 0 radical (unpaired) electrons. The van der Waals surface area contributed by atoms with Gasteiger partial charge in [0, 0.05) is 17.7 Å². The number of nitrogens with one attached hydrogen (secondary N) is 1. The molecular weight excluding hydrogens is 154 g/mol. The summed E-state index contributed by atoms with van der Waals surface area (Å²) in [6.07, 6.45) is 0.707. The number of rotatable bonds is 1. The molecule has 1 aliphatic rings. The molecule has 12 heavy (non-hydrogen) atoms. The second-order valence-corrected chi connectivity index (χ2v) is 3.03. The predicted octanol–water partition coefficient (Wildman–Crippen LogP) is 0.721. The number of fused-ring (bicyclic) bond motifs is 1. The molecule has 1 aromatic carbocycles. The molecule has 0 aliphatic carbocycles. The molecule has 64 valence electrons. The molecule has 3 heteroatoms. The normalized spacial score (nSPS) is 20.2. The van der Waals surface area contributed by atoms with Gasteiger partial charge in [-0.25, -0.2) is 0 Å². The average Bonchev–Trinajstić information content (AvgIpc) is 2.49. The van der Waals surface area contributed by atoms with E-state index in [2.05, 4.69) is 5.32 Å². The van der Waals surface area contributed by atoms with E-state index in [9.17, 15) is 5.11 Å². The van der Waals surface area contributed by atoms with Crippen molar-refractivity contribution in [2.45, 2.75) is 12.5 Å². The fourth-order valence-corrected chi connectivity index (χ4v) is 1.55. The van der Waals surface area contributed by atoms with Crippen molar-refractivity contribution in [3.63, 3.8) is 0 Å². The van der Waals surface area contributed by atoms with Crippen LogP contribution in [-0.4, -0.2) is 22.9 Å². The molecule has 1 aliphatic heterocycles. The lowest BCUT2D eigenvalue weighted by Gasteiger charge is -2.04. The van der Waals surface area contributed by atoms with Gasteiger partial charge in [-0.15, -0.1) is 0 Å². The molecule has 0 bridgehead atoms. The van der Waals surface area contributed by atoms with Crippen LogP contribution in [0.5, 0.6) is 5.75 Å². The minimum absolute atomic E-state index is 0.0632. The lowest BCUT2D eigenvalue weighted by molar-refractivity contribution is 0.276. The van der Waals surface area contributed by atoms with Crippen LogP contribution in [0.4, 0.5) is 5.69 Å². The van der Waals surface area contributed by atoms with Gasteiger partial charge in [0.25, 0.3) is 0 Å². The summed E-state index contributed by atoms with van der Waals surface area (Å²) in [5.74, 6) is 0.316. The summed E-state index contributed by atoms with van der Waals surface area (Å²) >= 11 is 0. The van der Waals surface area contributed by atoms with Crippen molar-refractivity contribution in [2.75, 3.05) is 11.9 Å². The van der Waals surface area contributed by atoms with Gasteiger partial charge in [0.1, 0.15) is 5.75 Å². The van der Waals surface area contributed by atoms with E-state index in [1.54, 1.807) is 12.1 Å². The van der Waals surface area contributed by atoms with Crippen molar-refractivity contribution in [1.29, 1.82) is 0 Å². The van der Waals surface area contributed by atoms with Gasteiger partial charge < -0.3 is 15.5 Å². The first-order chi connectivity index (χ1) is 5.81. The summed E-state index contributed by atoms with van der Waals surface area (Å²) in [4.78, 5) is 0. The summed E-state index contributed by atoms with van der Waals surface area (Å²) in [6.45, 7) is 0.105. The van der Waals surface area contributed by atoms with E-state index >= 15 is 0 Å². The number of phenols is 1. The van der Waals surface area contributed by atoms with Crippen LogP contribution in [0.1, 0.15) is 5.56 Å². The minimum Gasteiger partial charge on any atom is -0.508 e. The molecule has 0 saturated heterocycles. The third-order valence-corrected chi connectivity index (χ3v) is 2.18. The number of aliphatic hydroxyl groups is 1. The minimum atomic E-state index is 0.0632. The van der Waals surface area contributed by atoms with Crippen LogP contribution < -0.4 is 5.32 Å². The smallest absolute Gasteiger partial charge is 0.120 e. The van der Waals surface area contributed by atoms with Gasteiger partial charge in [-0.3, -0.25) is 0 Å². The van der Waals surface area contributed by atoms with Gasteiger partial charge in [0.05, 0.1) is 12.6 Å². The van der Waals surface area contributed by atoms with Gasteiger partial charge in [0.15, 0.2) is 0 Å². The van der Waals surface area contributed by atoms with E-state index in [1.165, 1.54) is 0 Å². The van der Waals surface area contributed by atoms with E-state index < -0.39 is 0 Å². The highest BCUT2D eigenvalue weighted by atomic mass is 16.3. The maximum atomic E-state index is 9.42. The van der Waals surface area contributed by atoms with Crippen molar-refractivity contribution >= 4 is 5.69 Å². The molecule has 0 fully saturated rings. The first kappa shape index (κ1) is 7.43. The van der Waals surface area contributed by atoms with E-state index in [0.29, 0.717) is 12.2 Å². The first-order valence-electron chi connectivity index (χ1n) is 3.99. The molecule has 3 nitrogen and oxygen atoms in total. The summed E-state index contributed by atoms with van der Waals surface area (Å²) in [6, 6.07) is 5.43. The number of benzene rings is 1. The van der Waals surface area contributed by atoms with Crippen molar-refractivity contribution in [1.82, 2.24) is 0 Å². The van der Waals surface area contributed by atoms with Crippen LogP contribution in [0.2, 0.25) is 0 Å². The Morgan fingerprint density at radius 3 is 3.00 bits per heavy atom. The molecule has 1 aromatic rings. The quantitative estimate of drug-likeness (QED) is 0.574. The number of aliphatic hydroxyl groups excluding tert-OH is 1. The van der Waals surface area contributed by atoms with Crippen molar-refractivity contribution in [3.05, 3.63) is 23.8 Å². The highest BCUT2D eigenvalue weighted by Gasteiger charge is 2.21. The van der Waals surface area contributed by atoms with Crippen LogP contribution in [-0.2, 0) is 6.42 Å². The molecule has 0 saturated carbocycles. The number of phenolic OH excluding ortho intramolecular Hbond substituents is 1. The molecule has 0 unspecified atom stereocenters. The van der Waals surface area contributed by atoms with E-state index in [0.717, 1.165) is 11.3 Å². The van der Waals surface area contributed by atoms with Gasteiger partial charge in [-0.1, -0.05) is 6.07 Å². The Balaban J connectivity index is 2.35. The van der Waals surface area contributed by atoms with Crippen molar-refractivity contribution < 1.29 is 10.2 Å². The van der Waals surface area contributed by atoms with Gasteiger partial charge in [-0.05, 0) is 12.1 Å². The monoisotopic (exact) mass is 165 g/mol. The molecule has 0 amide bonds. The Morgan fingerprint density at radius 1 is 1.50 bits per heavy atom. The maximum Gasteiger partial charge on any atom is 0.120 e.